The highest BCUT2D eigenvalue weighted by Crippen LogP contribution is 2.28. The molecule has 5 heterocycles. The number of benzene rings is 1. The number of carboxylic acid groups (broad SMARTS) is 1. The molecule has 4 aromatic rings. The molecule has 1 aromatic carbocycles. The van der Waals surface area contributed by atoms with Gasteiger partial charge in [-0.3, -0.25) is 4.90 Å². The zero-order valence-electron chi connectivity index (χ0n) is 21.4. The highest BCUT2D eigenvalue weighted by molar-refractivity contribution is 7.19. The number of thiazole rings is 1. The lowest BCUT2D eigenvalue weighted by Crippen LogP contribution is -2.33. The number of aromatic nitrogens is 4. The van der Waals surface area contributed by atoms with Crippen LogP contribution in [0, 0.1) is 12.4 Å². The van der Waals surface area contributed by atoms with Gasteiger partial charge in [-0.2, -0.15) is 0 Å². The maximum Gasteiger partial charge on any atom is 0.365 e. The van der Waals surface area contributed by atoms with Gasteiger partial charge in [0.05, 0.1) is 31.5 Å². The number of aromatic carboxylic acids is 1. The first kappa shape index (κ1) is 26.1. The number of imidazole rings is 1. The summed E-state index contributed by atoms with van der Waals surface area (Å²) in [7, 11) is 0. The second-order valence-electron chi connectivity index (χ2n) is 9.62. The van der Waals surface area contributed by atoms with E-state index in [9.17, 15) is 14.3 Å². The lowest BCUT2D eigenvalue weighted by atomic mass is 10.0. The molecule has 204 valence electrons. The van der Waals surface area contributed by atoms with Crippen molar-refractivity contribution in [3.05, 3.63) is 81.8 Å². The molecule has 10 nitrogen and oxygen atoms in total. The topological polar surface area (TPSA) is 107 Å². The van der Waals surface area contributed by atoms with Crippen LogP contribution >= 0.6 is 11.3 Å². The normalized spacial score (nSPS) is 17.3. The summed E-state index contributed by atoms with van der Waals surface area (Å²) in [6.07, 6.45) is 3.98. The second kappa shape index (κ2) is 11.1. The first-order valence-corrected chi connectivity index (χ1v) is 13.7. The fourth-order valence-corrected chi connectivity index (χ4v) is 5.53. The van der Waals surface area contributed by atoms with Crippen LogP contribution in [0.3, 0.4) is 0 Å². The van der Waals surface area contributed by atoms with Gasteiger partial charge in [0.25, 0.3) is 0 Å². The van der Waals surface area contributed by atoms with Crippen LogP contribution in [-0.4, -0.2) is 61.3 Å². The molecule has 2 aliphatic heterocycles. The van der Waals surface area contributed by atoms with Crippen molar-refractivity contribution in [2.45, 2.75) is 38.6 Å². The fourth-order valence-electron chi connectivity index (χ4n) is 4.72. The smallest absolute Gasteiger partial charge is 0.365 e. The maximum atomic E-state index is 14.2. The summed E-state index contributed by atoms with van der Waals surface area (Å²) in [6.45, 7) is 10.5. The van der Waals surface area contributed by atoms with Gasteiger partial charge in [-0.1, -0.05) is 35.6 Å². The highest BCUT2D eigenvalue weighted by atomic mass is 32.1. The molecule has 2 aliphatic rings. The molecular weight excluding hydrogens is 535 g/mol. The number of halogens is 1. The van der Waals surface area contributed by atoms with Crippen molar-refractivity contribution >= 4 is 39.0 Å². The first-order chi connectivity index (χ1) is 19.5. The van der Waals surface area contributed by atoms with E-state index in [4.69, 9.17) is 21.0 Å². The number of carboxylic acids is 1. The van der Waals surface area contributed by atoms with Crippen molar-refractivity contribution in [3.8, 4) is 5.88 Å². The summed E-state index contributed by atoms with van der Waals surface area (Å²) in [5, 5.41) is 9.39. The third-order valence-corrected chi connectivity index (χ3v) is 7.93. The molecule has 1 fully saturated rings. The number of pyridine rings is 1. The molecule has 6 rings (SSSR count). The Hall–Kier alpha value is -4.18. The third kappa shape index (κ3) is 5.44. The summed E-state index contributed by atoms with van der Waals surface area (Å²) < 4.78 is 27.6. The summed E-state index contributed by atoms with van der Waals surface area (Å²) in [6, 6.07) is 9.87. The number of carbonyl (C=O) groups is 1. The van der Waals surface area contributed by atoms with E-state index < -0.39 is 11.8 Å². The van der Waals surface area contributed by atoms with Crippen molar-refractivity contribution in [2.24, 2.45) is 0 Å². The second-order valence-corrected chi connectivity index (χ2v) is 10.6. The van der Waals surface area contributed by atoms with Crippen molar-refractivity contribution in [1.82, 2.24) is 24.4 Å². The molecule has 0 spiro atoms. The van der Waals surface area contributed by atoms with E-state index in [0.29, 0.717) is 41.6 Å². The Balaban J connectivity index is 1.12. The highest BCUT2D eigenvalue weighted by Gasteiger charge is 2.26. The SMILES string of the molecule is [C-]#[N+]c1ccc(COc2cccc(C3=CCN(Cc4nc5sc(C(=O)O)nc5n4C[C@@H]4CCO4)CC3)n2)c(F)c1. The number of ether oxygens (including phenoxy) is 2. The van der Waals surface area contributed by atoms with Gasteiger partial charge in [0.1, 0.15) is 18.2 Å². The van der Waals surface area contributed by atoms with Gasteiger partial charge in [-0.25, -0.2) is 29.0 Å². The number of nitrogens with zero attached hydrogens (tertiary/aromatic N) is 6. The molecule has 40 heavy (non-hydrogen) atoms. The Bertz CT molecular complexity index is 1650. The van der Waals surface area contributed by atoms with Gasteiger partial charge in [-0.05, 0) is 30.5 Å². The Kier molecular flexibility index (Phi) is 7.25. The van der Waals surface area contributed by atoms with Crippen molar-refractivity contribution in [2.75, 3.05) is 19.7 Å². The van der Waals surface area contributed by atoms with Crippen molar-refractivity contribution < 1.29 is 23.8 Å². The van der Waals surface area contributed by atoms with Gasteiger partial charge in [0, 0.05) is 31.3 Å². The molecule has 3 aromatic heterocycles. The van der Waals surface area contributed by atoms with Gasteiger partial charge < -0.3 is 19.1 Å². The average Bonchev–Trinajstić information content (AvgIpc) is 3.49. The summed E-state index contributed by atoms with van der Waals surface area (Å²) in [5.41, 5.74) is 3.14. The monoisotopic (exact) mass is 560 g/mol. The molecule has 0 unspecified atom stereocenters. The van der Waals surface area contributed by atoms with Crippen molar-refractivity contribution in [1.29, 1.82) is 0 Å². The van der Waals surface area contributed by atoms with Crippen LogP contribution in [0.25, 0.3) is 20.9 Å². The molecule has 1 atom stereocenters. The quantitative estimate of drug-likeness (QED) is 0.287. The Morgan fingerprint density at radius 2 is 2.15 bits per heavy atom. The summed E-state index contributed by atoms with van der Waals surface area (Å²) in [5.74, 6) is -0.264. The predicted octanol–water partition coefficient (Wildman–Crippen LogP) is 4.93. The van der Waals surface area contributed by atoms with Gasteiger partial charge in [0.2, 0.25) is 10.9 Å². The van der Waals surface area contributed by atoms with Crippen LogP contribution < -0.4 is 4.74 Å². The lowest BCUT2D eigenvalue weighted by Gasteiger charge is -2.29. The molecule has 0 saturated carbocycles. The molecule has 0 bridgehead atoms. The lowest BCUT2D eigenvalue weighted by molar-refractivity contribution is -0.0592. The summed E-state index contributed by atoms with van der Waals surface area (Å²) >= 11 is 1.09. The molecule has 0 radical (unpaired) electrons. The van der Waals surface area contributed by atoms with E-state index in [2.05, 4.69) is 25.8 Å². The molecule has 0 aliphatic carbocycles. The van der Waals surface area contributed by atoms with Gasteiger partial charge in [0.15, 0.2) is 16.2 Å². The molecule has 1 N–H and O–H groups in total. The van der Waals surface area contributed by atoms with E-state index in [0.717, 1.165) is 54.4 Å². The van der Waals surface area contributed by atoms with Gasteiger partial charge >= 0.3 is 5.97 Å². The van der Waals surface area contributed by atoms with E-state index in [-0.39, 0.29) is 23.4 Å². The Labute approximate surface area is 233 Å². The first-order valence-electron chi connectivity index (χ1n) is 12.8. The zero-order valence-corrected chi connectivity index (χ0v) is 22.2. The van der Waals surface area contributed by atoms with E-state index in [1.807, 2.05) is 16.7 Å². The maximum absolute atomic E-state index is 14.2. The number of hydrogen-bond acceptors (Lipinski definition) is 8. The van der Waals surface area contributed by atoms with Crippen LogP contribution in [0.5, 0.6) is 5.88 Å². The number of fused-ring (bicyclic) bond motifs is 1. The molecule has 0 amide bonds. The fraction of sp³-hybridized carbons (Fsp3) is 0.321. The van der Waals surface area contributed by atoms with Crippen molar-refractivity contribution in [3.63, 3.8) is 0 Å². The molecule has 1 saturated heterocycles. The van der Waals surface area contributed by atoms with E-state index >= 15 is 0 Å². The minimum atomic E-state index is -1.05. The van der Waals surface area contributed by atoms with Gasteiger partial charge in [-0.15, -0.1) is 0 Å². The predicted molar refractivity (Wildman–Crippen MR) is 146 cm³/mol. The number of rotatable bonds is 9. The average molecular weight is 561 g/mol. The van der Waals surface area contributed by atoms with Crippen LogP contribution in [-0.2, 0) is 24.4 Å². The zero-order chi connectivity index (χ0) is 27.6. The molecular formula is C28H25FN6O4S. The minimum absolute atomic E-state index is 0.0200. The van der Waals surface area contributed by atoms with E-state index in [1.54, 1.807) is 18.2 Å². The molecule has 12 heteroatoms. The van der Waals surface area contributed by atoms with Crippen LogP contribution in [0.15, 0.2) is 42.5 Å². The summed E-state index contributed by atoms with van der Waals surface area (Å²) in [4.78, 5) is 31.2. The number of hydrogen-bond donors (Lipinski definition) is 1. The van der Waals surface area contributed by atoms with Crippen LogP contribution in [0.2, 0.25) is 0 Å². The largest absolute Gasteiger partial charge is 0.476 e. The standard InChI is InChI=1S/C28H25FN6O4S/c1-30-19-6-5-18(21(29)13-19)16-39-24-4-2-3-22(31-24)17-7-10-34(11-8-17)15-23-32-26-25(33-27(40-26)28(36)37)35(23)14-20-9-12-38-20/h2-7,13,20H,8-12,14-16H2,(H,36,37)/t20-/m0/s1. The minimum Gasteiger partial charge on any atom is -0.476 e. The van der Waals surface area contributed by atoms with E-state index in [1.165, 1.54) is 6.07 Å². The Morgan fingerprint density at radius 1 is 1.27 bits per heavy atom. The Morgan fingerprint density at radius 3 is 2.85 bits per heavy atom. The van der Waals surface area contributed by atoms with Crippen LogP contribution in [0.1, 0.15) is 39.7 Å². The van der Waals surface area contributed by atoms with Crippen LogP contribution in [0.4, 0.5) is 10.1 Å². The third-order valence-electron chi connectivity index (χ3n) is 7.00.